The number of benzene rings is 1. The van der Waals surface area contributed by atoms with Gasteiger partial charge in [-0.3, -0.25) is 9.35 Å². The summed E-state index contributed by atoms with van der Waals surface area (Å²) in [6.45, 7) is 1.16. The van der Waals surface area contributed by atoms with E-state index in [2.05, 4.69) is 15.4 Å². The highest BCUT2D eigenvalue weighted by atomic mass is 32.2. The van der Waals surface area contributed by atoms with Gasteiger partial charge in [0, 0.05) is 5.56 Å². The molecule has 0 unspecified atom stereocenters. The molecule has 0 bridgehead atoms. The lowest BCUT2D eigenvalue weighted by atomic mass is 10.1. The van der Waals surface area contributed by atoms with Crippen LogP contribution in [0.2, 0.25) is 0 Å². The third-order valence-corrected chi connectivity index (χ3v) is 3.28. The predicted molar refractivity (Wildman–Crippen MR) is 65.4 cm³/mol. The Morgan fingerprint density at radius 1 is 1.40 bits per heavy atom. The van der Waals surface area contributed by atoms with Crippen LogP contribution < -0.4 is 0 Å². The van der Waals surface area contributed by atoms with Gasteiger partial charge in [-0.15, -0.1) is 10.2 Å². The predicted octanol–water partition coefficient (Wildman–Crippen LogP) is -0.0202. The summed E-state index contributed by atoms with van der Waals surface area (Å²) >= 11 is 0. The summed E-state index contributed by atoms with van der Waals surface area (Å²) < 4.78 is 31.9. The summed E-state index contributed by atoms with van der Waals surface area (Å²) in [6.07, 6.45) is 0. The van der Waals surface area contributed by atoms with E-state index in [1.165, 1.54) is 12.1 Å². The summed E-state index contributed by atoms with van der Waals surface area (Å²) in [5.41, 5.74) is 0.675. The lowest BCUT2D eigenvalue weighted by Crippen LogP contribution is -2.11. The van der Waals surface area contributed by atoms with Gasteiger partial charge in [-0.25, -0.2) is 0 Å². The molecule has 1 heterocycles. The second-order valence-electron chi connectivity index (χ2n) is 4.01. The minimum absolute atomic E-state index is 0.0507. The van der Waals surface area contributed by atoms with E-state index in [1.807, 2.05) is 0 Å². The molecule has 0 saturated heterocycles. The first-order valence-corrected chi connectivity index (χ1v) is 6.79. The first kappa shape index (κ1) is 14.1. The Morgan fingerprint density at radius 2 is 2.10 bits per heavy atom. The Morgan fingerprint density at radius 3 is 2.70 bits per heavy atom. The average molecular weight is 298 g/mol. The van der Waals surface area contributed by atoms with Crippen LogP contribution >= 0.6 is 0 Å². The maximum absolute atomic E-state index is 11.3. The summed E-state index contributed by atoms with van der Waals surface area (Å²) in [5, 5.41) is 19.4. The standard InChI is InChI=1S/C10H10N4O5S/c1-6-2-3-7(8(4-6)20(17,18)19)10-11-13-14(12-10)5-9(15)16/h2-4H,5H2,1H3,(H,15,16)(H,17,18,19). The molecule has 0 amide bonds. The number of carboxylic acids is 1. The van der Waals surface area contributed by atoms with Crippen molar-refractivity contribution in [2.75, 3.05) is 0 Å². The van der Waals surface area contributed by atoms with Crippen LogP contribution in [-0.4, -0.2) is 44.3 Å². The van der Waals surface area contributed by atoms with Crippen molar-refractivity contribution in [3.63, 3.8) is 0 Å². The van der Waals surface area contributed by atoms with Crippen LogP contribution in [0.15, 0.2) is 23.1 Å². The van der Waals surface area contributed by atoms with E-state index in [-0.39, 0.29) is 16.3 Å². The molecular weight excluding hydrogens is 288 g/mol. The van der Waals surface area contributed by atoms with Crippen molar-refractivity contribution in [3.05, 3.63) is 23.8 Å². The van der Waals surface area contributed by atoms with Gasteiger partial charge in [0.1, 0.15) is 4.90 Å². The molecule has 0 atom stereocenters. The number of rotatable bonds is 4. The number of tetrazole rings is 1. The number of carboxylic acid groups (broad SMARTS) is 1. The van der Waals surface area contributed by atoms with Crippen LogP contribution in [0.1, 0.15) is 5.56 Å². The molecule has 1 aromatic carbocycles. The maximum Gasteiger partial charge on any atom is 0.327 e. The quantitative estimate of drug-likeness (QED) is 0.752. The highest BCUT2D eigenvalue weighted by molar-refractivity contribution is 7.86. The molecule has 0 aliphatic heterocycles. The van der Waals surface area contributed by atoms with Crippen LogP contribution in [0.4, 0.5) is 0 Å². The van der Waals surface area contributed by atoms with E-state index in [4.69, 9.17) is 5.11 Å². The molecule has 0 radical (unpaired) electrons. The average Bonchev–Trinajstić information content (AvgIpc) is 2.75. The SMILES string of the molecule is Cc1ccc(-c2nnn(CC(=O)O)n2)c(S(=O)(=O)O)c1. The lowest BCUT2D eigenvalue weighted by Gasteiger charge is -2.04. The molecule has 1 aromatic heterocycles. The minimum atomic E-state index is -4.45. The van der Waals surface area contributed by atoms with Gasteiger partial charge in [0.15, 0.2) is 6.54 Å². The Labute approximate surface area is 113 Å². The molecule has 2 aromatic rings. The molecule has 0 saturated carbocycles. The summed E-state index contributed by atoms with van der Waals surface area (Å²) in [5.74, 6) is -1.24. The number of aromatic nitrogens is 4. The van der Waals surface area contributed by atoms with E-state index in [9.17, 15) is 17.8 Å². The van der Waals surface area contributed by atoms with Gasteiger partial charge < -0.3 is 5.11 Å². The van der Waals surface area contributed by atoms with Crippen molar-refractivity contribution in [1.29, 1.82) is 0 Å². The number of hydrogen-bond acceptors (Lipinski definition) is 6. The number of aliphatic carboxylic acids is 1. The van der Waals surface area contributed by atoms with Crippen molar-refractivity contribution >= 4 is 16.1 Å². The summed E-state index contributed by atoms with van der Waals surface area (Å²) in [7, 11) is -4.45. The van der Waals surface area contributed by atoms with E-state index in [1.54, 1.807) is 13.0 Å². The van der Waals surface area contributed by atoms with Crippen molar-refractivity contribution < 1.29 is 22.9 Å². The van der Waals surface area contributed by atoms with Gasteiger partial charge in [-0.2, -0.15) is 13.2 Å². The third kappa shape index (κ3) is 2.97. The Bertz CT molecular complexity index is 768. The Hall–Kier alpha value is -2.33. The summed E-state index contributed by atoms with van der Waals surface area (Å²) in [4.78, 5) is 11.0. The summed E-state index contributed by atoms with van der Waals surface area (Å²) in [6, 6.07) is 4.30. The number of nitrogens with zero attached hydrogens (tertiary/aromatic N) is 4. The van der Waals surface area contributed by atoms with Crippen molar-refractivity contribution in [2.45, 2.75) is 18.4 Å². The molecule has 2 N–H and O–H groups in total. The highest BCUT2D eigenvalue weighted by Gasteiger charge is 2.20. The normalized spacial score (nSPS) is 11.5. The first-order chi connectivity index (χ1) is 9.27. The van der Waals surface area contributed by atoms with E-state index in [0.29, 0.717) is 5.56 Å². The number of hydrogen-bond donors (Lipinski definition) is 2. The van der Waals surface area contributed by atoms with Crippen LogP contribution in [-0.2, 0) is 21.5 Å². The molecule has 0 fully saturated rings. The van der Waals surface area contributed by atoms with E-state index in [0.717, 1.165) is 4.80 Å². The van der Waals surface area contributed by atoms with Gasteiger partial charge in [0.05, 0.1) is 0 Å². The topological polar surface area (TPSA) is 135 Å². The van der Waals surface area contributed by atoms with E-state index >= 15 is 0 Å². The largest absolute Gasteiger partial charge is 0.480 e. The minimum Gasteiger partial charge on any atom is -0.480 e. The Balaban J connectivity index is 2.53. The van der Waals surface area contributed by atoms with Gasteiger partial charge >= 0.3 is 5.97 Å². The van der Waals surface area contributed by atoms with Gasteiger partial charge in [-0.05, 0) is 29.8 Å². The van der Waals surface area contributed by atoms with Crippen LogP contribution in [0.25, 0.3) is 11.4 Å². The zero-order valence-electron chi connectivity index (χ0n) is 10.3. The second-order valence-corrected chi connectivity index (χ2v) is 5.40. The van der Waals surface area contributed by atoms with Gasteiger partial charge in [0.25, 0.3) is 10.1 Å². The van der Waals surface area contributed by atoms with Crippen LogP contribution in [0, 0.1) is 6.92 Å². The molecule has 0 aliphatic carbocycles. The number of aryl methyl sites for hydroxylation is 1. The fourth-order valence-corrected chi connectivity index (χ4v) is 2.34. The molecular formula is C10H10N4O5S. The maximum atomic E-state index is 11.3. The molecule has 2 rings (SSSR count). The van der Waals surface area contributed by atoms with Crippen molar-refractivity contribution in [1.82, 2.24) is 20.2 Å². The second kappa shape index (κ2) is 4.98. The molecule has 10 heteroatoms. The van der Waals surface area contributed by atoms with Crippen LogP contribution in [0.5, 0.6) is 0 Å². The van der Waals surface area contributed by atoms with Gasteiger partial charge in [0.2, 0.25) is 5.82 Å². The molecule has 106 valence electrons. The smallest absolute Gasteiger partial charge is 0.327 e. The van der Waals surface area contributed by atoms with Crippen LogP contribution in [0.3, 0.4) is 0 Å². The monoisotopic (exact) mass is 298 g/mol. The zero-order valence-corrected chi connectivity index (χ0v) is 11.1. The molecule has 20 heavy (non-hydrogen) atoms. The first-order valence-electron chi connectivity index (χ1n) is 5.35. The van der Waals surface area contributed by atoms with Gasteiger partial charge in [-0.1, -0.05) is 6.07 Å². The molecule has 0 aliphatic rings. The van der Waals surface area contributed by atoms with Crippen molar-refractivity contribution in [3.8, 4) is 11.4 Å². The third-order valence-electron chi connectivity index (χ3n) is 2.39. The highest BCUT2D eigenvalue weighted by Crippen LogP contribution is 2.25. The fourth-order valence-electron chi connectivity index (χ4n) is 1.57. The molecule has 0 spiro atoms. The number of carbonyl (C=O) groups is 1. The lowest BCUT2D eigenvalue weighted by molar-refractivity contribution is -0.138. The van der Waals surface area contributed by atoms with Crippen molar-refractivity contribution in [2.24, 2.45) is 0 Å². The van der Waals surface area contributed by atoms with E-state index < -0.39 is 22.6 Å². The Kier molecular flexibility index (Phi) is 3.51. The zero-order chi connectivity index (χ0) is 14.9. The molecule has 9 nitrogen and oxygen atoms in total. The fraction of sp³-hybridized carbons (Fsp3) is 0.200.